The summed E-state index contributed by atoms with van der Waals surface area (Å²) in [6.45, 7) is 9.96. The zero-order chi connectivity index (χ0) is 54.3. The van der Waals surface area contributed by atoms with E-state index in [-0.39, 0.29) is 70.2 Å². The average molecular weight is 1750 g/mol. The number of nitrogens with two attached hydrogens (primary N) is 2. The van der Waals surface area contributed by atoms with Crippen molar-refractivity contribution in [2.75, 3.05) is 64.0 Å². The summed E-state index contributed by atoms with van der Waals surface area (Å²) in [7, 11) is 0.628. The van der Waals surface area contributed by atoms with Crippen LogP contribution in [-0.2, 0) is 81.5 Å². The molecule has 0 unspecified atom stereocenters. The monoisotopic (exact) mass is 1750 g/mol. The Balaban J connectivity index is -0.000000191. The Morgan fingerprint density at radius 2 is 0.900 bits per heavy atom. The van der Waals surface area contributed by atoms with Gasteiger partial charge in [0.1, 0.15) is 17.8 Å². The first-order valence-electron chi connectivity index (χ1n) is 18.7. The average Bonchev–Trinajstić information content (AvgIpc) is 3.84. The molecule has 0 bridgehead atoms. The van der Waals surface area contributed by atoms with E-state index in [0.717, 1.165) is 26.9 Å². The molecule has 0 aromatic heterocycles. The van der Waals surface area contributed by atoms with E-state index in [4.69, 9.17) is 20.3 Å². The predicted octanol–water partition coefficient (Wildman–Crippen LogP) is 3.02. The van der Waals surface area contributed by atoms with Crippen LogP contribution >= 0.6 is 122 Å². The Hall–Kier alpha value is -1.06. The number of imide groups is 3. The summed E-state index contributed by atoms with van der Waals surface area (Å²) in [4.78, 5) is 138. The van der Waals surface area contributed by atoms with Crippen LogP contribution in [0.1, 0.15) is 50.4 Å². The van der Waals surface area contributed by atoms with Crippen molar-refractivity contribution in [1.82, 2.24) is 36.3 Å². The third kappa shape index (κ3) is 47.9. The molecular formula is C36H59I6N9O17V2+. The van der Waals surface area contributed by atoms with Crippen molar-refractivity contribution in [3.63, 3.8) is 0 Å². The number of carbonyl (C=O) groups excluding carboxylic acids is 10. The predicted molar refractivity (Wildman–Crippen MR) is 299 cm³/mol. The standard InChI is InChI=1S/C13H19N3O6.C8H11N3O4.C7H13NO5.C6H8N2O2.CH3I.CH4.5HI.2V/c1-13(2,3)22-12(20)15-21-8-9(17)14-6-7-16-10(18)4-5-11(16)19;9-15-5-6(12)10-3-4-11-7(13)1-2-8(11)14;1-7(2,3)13-6(11)8-12-4-5(9)10;7-3-4-8-5(9)1-2-6(8)10;1-2;;;;;;;;/h4-5H,6-8H2,1-3H3,(H,14,17)(H,15,20);1-2H,3-5,9H2,(H,10,12);4H2,1-3H3,(H,8,11)(H,9,10);1-2H,3-4,7H2;1H3;1H4;5*1H;;/q;;;;;;;;;;;+2;+3/p-4. The SMILES string of the molecule is C.CC(C)(C)OC(=O)NOCC(=O)NCCN1C(=O)C=CC1=O.CC(C)(C)OC(=O)NOCC(=O)O.CI.NCCN1C(=O)C=CC1=O.NOCC(=O)NCCN1C(=O)C=CC1=O.[H+].[I][V]([I])[I].[I][V][I]. The van der Waals surface area contributed by atoms with E-state index in [1.54, 1.807) is 41.5 Å². The second-order valence-corrected chi connectivity index (χ2v) is 60.9. The molecular weight excluding hydrogens is 1690 g/mol. The number of aliphatic carboxylic acids is 1. The van der Waals surface area contributed by atoms with Crippen LogP contribution in [-0.4, -0.2) is 160 Å². The molecule has 3 rings (SSSR count). The fourth-order valence-electron chi connectivity index (χ4n) is 3.79. The van der Waals surface area contributed by atoms with Gasteiger partial charge in [0.25, 0.3) is 35.4 Å². The quantitative estimate of drug-likeness (QED) is 0.0505. The van der Waals surface area contributed by atoms with Crippen LogP contribution in [0.25, 0.3) is 0 Å². The molecule has 26 nitrogen and oxygen atoms in total. The first-order valence-corrected chi connectivity index (χ1v) is 43.4. The summed E-state index contributed by atoms with van der Waals surface area (Å²) in [5, 5.41) is 13.0. The number of amides is 10. The molecule has 0 saturated heterocycles. The summed E-state index contributed by atoms with van der Waals surface area (Å²) < 4.78 is 9.65. The molecule has 0 fully saturated rings. The van der Waals surface area contributed by atoms with Gasteiger partial charge in [-0.05, 0) is 46.5 Å². The molecule has 0 atom stereocenters. The summed E-state index contributed by atoms with van der Waals surface area (Å²) in [6.07, 6.45) is 5.58. The number of hydrogen-bond donors (Lipinski definition) is 7. The third-order valence-electron chi connectivity index (χ3n) is 6.09. The number of halogens is 6. The number of rotatable bonds is 16. The van der Waals surface area contributed by atoms with Crippen LogP contribution < -0.4 is 33.2 Å². The second-order valence-electron chi connectivity index (χ2n) is 13.7. The minimum atomic E-state index is -1.17. The van der Waals surface area contributed by atoms with Crippen LogP contribution in [0, 0.1) is 0 Å². The van der Waals surface area contributed by atoms with Crippen LogP contribution in [0.15, 0.2) is 36.5 Å². The van der Waals surface area contributed by atoms with Gasteiger partial charge < -0.3 is 30.9 Å². The van der Waals surface area contributed by atoms with Crippen molar-refractivity contribution in [2.24, 2.45) is 11.6 Å². The van der Waals surface area contributed by atoms with Gasteiger partial charge in [0, 0.05) is 75.7 Å². The van der Waals surface area contributed by atoms with Gasteiger partial charge in [-0.2, -0.15) is 11.0 Å². The third-order valence-corrected chi connectivity index (χ3v) is 6.09. The number of nitrogens with one attached hydrogen (secondary N) is 4. The maximum absolute atomic E-state index is 11.4. The van der Waals surface area contributed by atoms with Crippen LogP contribution in [0.5, 0.6) is 0 Å². The van der Waals surface area contributed by atoms with E-state index >= 15 is 0 Å². The van der Waals surface area contributed by atoms with Gasteiger partial charge in [-0.1, -0.05) is 30.0 Å². The Morgan fingerprint density at radius 3 is 1.16 bits per heavy atom. The zero-order valence-electron chi connectivity index (χ0n) is 39.0. The summed E-state index contributed by atoms with van der Waals surface area (Å²) in [5.74, 6) is 0.490. The number of carboxylic acid groups (broad SMARTS) is 1. The normalized spacial score (nSPS) is 12.9. The minimum absolute atomic E-state index is 0. The molecule has 3 heterocycles. The number of carbonyl (C=O) groups is 11. The molecule has 9 N–H and O–H groups in total. The Morgan fingerprint density at radius 1 is 0.629 bits per heavy atom. The Kier molecular flexibility index (Phi) is 51.7. The summed E-state index contributed by atoms with van der Waals surface area (Å²) >= 11 is 14.3. The molecule has 0 spiro atoms. The van der Waals surface area contributed by atoms with Crippen molar-refractivity contribution in [3.8, 4) is 0 Å². The van der Waals surface area contributed by atoms with Crippen molar-refractivity contribution < 1.29 is 97.6 Å². The van der Waals surface area contributed by atoms with Gasteiger partial charge in [0.15, 0.2) is 13.2 Å². The number of nitrogens with zero attached hydrogens (tertiary/aromatic N) is 3. The van der Waals surface area contributed by atoms with Crippen LogP contribution in [0.4, 0.5) is 9.59 Å². The molecule has 70 heavy (non-hydrogen) atoms. The first-order chi connectivity index (χ1) is 32.0. The topological polar surface area (TPSA) is 364 Å². The van der Waals surface area contributed by atoms with Crippen molar-refractivity contribution in [2.45, 2.75) is 60.2 Å². The molecule has 3 aliphatic rings. The van der Waals surface area contributed by atoms with Crippen molar-refractivity contribution in [3.05, 3.63) is 36.5 Å². The number of hydrogen-bond acceptors (Lipinski definition) is 18. The van der Waals surface area contributed by atoms with Gasteiger partial charge in [0.2, 0.25) is 11.8 Å². The number of carboxylic acids is 1. The number of hydroxylamine groups is 2. The molecule has 0 aromatic rings. The van der Waals surface area contributed by atoms with E-state index in [1.165, 1.54) is 24.3 Å². The molecule has 10 amide bonds. The van der Waals surface area contributed by atoms with Gasteiger partial charge in [0.05, 0.1) is 0 Å². The van der Waals surface area contributed by atoms with Gasteiger partial charge in [-0.15, -0.1) is 0 Å². The second kappa shape index (κ2) is 46.5. The molecule has 0 saturated carbocycles. The van der Waals surface area contributed by atoms with Gasteiger partial charge in [-0.3, -0.25) is 67.6 Å². The van der Waals surface area contributed by atoms with Crippen LogP contribution in [0.3, 0.4) is 0 Å². The van der Waals surface area contributed by atoms with Crippen molar-refractivity contribution >= 4 is 188 Å². The molecule has 34 heteroatoms. The van der Waals surface area contributed by atoms with Gasteiger partial charge >= 0.3 is 134 Å². The van der Waals surface area contributed by atoms with E-state index in [2.05, 4.69) is 154 Å². The molecule has 0 aromatic carbocycles. The van der Waals surface area contributed by atoms with Gasteiger partial charge in [-0.25, -0.2) is 20.3 Å². The maximum atomic E-state index is 11.4. The van der Waals surface area contributed by atoms with E-state index in [1.807, 2.05) is 15.9 Å². The fourth-order valence-corrected chi connectivity index (χ4v) is 3.79. The van der Waals surface area contributed by atoms with Crippen LogP contribution in [0.2, 0.25) is 0 Å². The van der Waals surface area contributed by atoms with E-state index in [9.17, 15) is 52.7 Å². The zero-order valence-corrected chi connectivity index (χ0v) is 53.7. The number of alkyl halides is 1. The first kappa shape index (κ1) is 77.8. The summed E-state index contributed by atoms with van der Waals surface area (Å²) in [6, 6.07) is 0. The number of ether oxygens (including phenoxy) is 2. The fraction of sp³-hybridized carbons (Fsp3) is 0.528. The molecule has 3 aliphatic heterocycles. The Bertz CT molecular complexity index is 1730. The molecule has 0 radical (unpaired) electrons. The van der Waals surface area contributed by atoms with Crippen molar-refractivity contribution in [1.29, 1.82) is 0 Å². The molecule has 0 aliphatic carbocycles. The Labute approximate surface area is 487 Å². The molecule has 401 valence electrons. The van der Waals surface area contributed by atoms with E-state index in [0.29, 0.717) is 22.6 Å². The van der Waals surface area contributed by atoms with E-state index < -0.39 is 66.2 Å². The summed E-state index contributed by atoms with van der Waals surface area (Å²) in [5.41, 5.74) is 7.66.